The zero-order valence-corrected chi connectivity index (χ0v) is 17.5. The van der Waals surface area contributed by atoms with Crippen molar-refractivity contribution in [2.45, 2.75) is 18.0 Å². The van der Waals surface area contributed by atoms with Gasteiger partial charge < -0.3 is 14.7 Å². The van der Waals surface area contributed by atoms with Crippen LogP contribution in [-0.2, 0) is 35.8 Å². The van der Waals surface area contributed by atoms with Gasteiger partial charge in [-0.25, -0.2) is 0 Å². The van der Waals surface area contributed by atoms with E-state index in [1.807, 2.05) is 0 Å². The molecule has 1 atom stereocenters. The molecule has 1 aliphatic rings. The van der Waals surface area contributed by atoms with E-state index in [2.05, 4.69) is 0 Å². The van der Waals surface area contributed by atoms with Crippen molar-refractivity contribution in [2.75, 3.05) is 0 Å². The molecule has 15 heteroatoms. The third kappa shape index (κ3) is 4.83. The minimum Gasteiger partial charge on any atom is -0.460 e. The van der Waals surface area contributed by atoms with E-state index in [0.29, 0.717) is 0 Å². The summed E-state index contributed by atoms with van der Waals surface area (Å²) < 4.78 is 73.3. The van der Waals surface area contributed by atoms with Gasteiger partial charge in [0.05, 0.1) is 5.56 Å². The number of ketones is 1. The van der Waals surface area contributed by atoms with Crippen LogP contribution in [-0.4, -0.2) is 53.4 Å². The summed E-state index contributed by atoms with van der Waals surface area (Å²) in [7, 11) is 24.0. The number of carbonyl (C=O) groups is 1. The molecule has 2 N–H and O–H groups in total. The van der Waals surface area contributed by atoms with E-state index in [9.17, 15) is 26.4 Å². The second-order valence-corrected chi connectivity index (χ2v) is 8.58. The van der Waals surface area contributed by atoms with Crippen LogP contribution in [0.3, 0.4) is 0 Å². The molecule has 0 saturated carbocycles. The Kier molecular flexibility index (Phi) is 6.49. The number of Topliss-reactive ketones (excluding diaryl/α,β-unsaturated/α-hetero) is 1. The van der Waals surface area contributed by atoms with Crippen LogP contribution in [0.2, 0.25) is 0 Å². The number of rotatable bonds is 5. The molecule has 2 aromatic carbocycles. The van der Waals surface area contributed by atoms with E-state index in [-0.39, 0.29) is 38.4 Å². The van der Waals surface area contributed by atoms with Crippen LogP contribution in [0.4, 0.5) is 13.2 Å². The topological polar surface area (TPSA) is 95.7 Å². The molecule has 2 aromatic rings. The molecular formula is C18H9B5F3NO5S. The van der Waals surface area contributed by atoms with Gasteiger partial charge in [-0.15, -0.1) is 27.3 Å². The lowest BCUT2D eigenvalue weighted by molar-refractivity contribution is -0.137. The van der Waals surface area contributed by atoms with Crippen molar-refractivity contribution in [1.29, 1.82) is 0 Å². The first-order valence-corrected chi connectivity index (χ1v) is 10.5. The van der Waals surface area contributed by atoms with Gasteiger partial charge in [-0.1, -0.05) is 12.1 Å². The Bertz CT molecular complexity index is 1250. The predicted molar refractivity (Wildman–Crippen MR) is 119 cm³/mol. The minimum absolute atomic E-state index is 0.000446. The highest BCUT2D eigenvalue weighted by molar-refractivity contribution is 7.86. The molecule has 1 aliphatic heterocycles. The molecular weight excluding hydrogens is 453 g/mol. The molecule has 3 rings (SSSR count). The molecule has 0 saturated heterocycles. The van der Waals surface area contributed by atoms with Crippen LogP contribution in [0.15, 0.2) is 35.9 Å². The number of halogens is 3. The van der Waals surface area contributed by atoms with Crippen molar-refractivity contribution in [3.8, 4) is 0 Å². The van der Waals surface area contributed by atoms with Gasteiger partial charge in [-0.2, -0.15) is 21.6 Å². The Morgan fingerprint density at radius 3 is 1.91 bits per heavy atom. The van der Waals surface area contributed by atoms with Crippen LogP contribution in [0, 0.1) is 0 Å². The molecule has 1 unspecified atom stereocenters. The van der Waals surface area contributed by atoms with Crippen molar-refractivity contribution in [2.24, 2.45) is 5.73 Å². The Labute approximate surface area is 194 Å². The molecule has 158 valence electrons. The summed E-state index contributed by atoms with van der Waals surface area (Å²) in [4.78, 5) is 12.6. The quantitative estimate of drug-likeness (QED) is 0.376. The SMILES string of the molecule is [B]c1c([B])c([B])c(CS(=O)(=O)OC2=C(N)OC(c3ccc(C(F)(F)F)cc3)C2=O)c([B])c1[B]. The second kappa shape index (κ2) is 8.59. The molecule has 0 fully saturated rings. The number of benzene rings is 2. The van der Waals surface area contributed by atoms with Gasteiger partial charge in [0.15, 0.2) is 6.10 Å². The zero-order chi connectivity index (χ0) is 24.9. The summed E-state index contributed by atoms with van der Waals surface area (Å²) in [5.74, 6) is -3.50. The van der Waals surface area contributed by atoms with E-state index in [0.717, 1.165) is 24.3 Å². The van der Waals surface area contributed by atoms with Gasteiger partial charge >= 0.3 is 16.3 Å². The highest BCUT2D eigenvalue weighted by Gasteiger charge is 2.40. The molecule has 10 radical (unpaired) electrons. The molecule has 6 nitrogen and oxygen atoms in total. The number of hydrogen-bond donors (Lipinski definition) is 1. The fourth-order valence-electron chi connectivity index (χ4n) is 3.02. The summed E-state index contributed by atoms with van der Waals surface area (Å²) in [5, 5.41) is 0. The van der Waals surface area contributed by atoms with Crippen LogP contribution in [0.1, 0.15) is 22.8 Å². The summed E-state index contributed by atoms with van der Waals surface area (Å²) in [6.07, 6.45) is -6.09. The van der Waals surface area contributed by atoms with Crippen LogP contribution in [0.5, 0.6) is 0 Å². The highest BCUT2D eigenvalue weighted by atomic mass is 32.2. The number of ether oxygens (including phenoxy) is 1. The van der Waals surface area contributed by atoms with Gasteiger partial charge in [0.2, 0.25) is 17.4 Å². The van der Waals surface area contributed by atoms with Crippen LogP contribution in [0.25, 0.3) is 0 Å². The van der Waals surface area contributed by atoms with Gasteiger partial charge in [0.25, 0.3) is 0 Å². The van der Waals surface area contributed by atoms with Crippen molar-refractivity contribution >= 4 is 82.4 Å². The lowest BCUT2D eigenvalue weighted by atomic mass is 9.61. The molecule has 33 heavy (non-hydrogen) atoms. The van der Waals surface area contributed by atoms with Crippen molar-refractivity contribution in [3.63, 3.8) is 0 Å². The Hall–Kier alpha value is -2.69. The molecule has 0 aliphatic carbocycles. The van der Waals surface area contributed by atoms with Crippen LogP contribution < -0.4 is 33.0 Å². The highest BCUT2D eigenvalue weighted by Crippen LogP contribution is 2.35. The fraction of sp³-hybridized carbons (Fsp3) is 0.167. The molecule has 0 amide bonds. The average molecular weight is 462 g/mol. The number of nitrogens with two attached hydrogens (primary N) is 1. The van der Waals surface area contributed by atoms with E-state index in [1.54, 1.807) is 0 Å². The van der Waals surface area contributed by atoms with Crippen molar-refractivity contribution < 1.29 is 35.3 Å². The Morgan fingerprint density at radius 2 is 1.42 bits per heavy atom. The largest absolute Gasteiger partial charge is 0.460 e. The first-order chi connectivity index (χ1) is 15.1. The smallest absolute Gasteiger partial charge is 0.416 e. The average Bonchev–Trinajstić information content (AvgIpc) is 3.01. The predicted octanol–water partition coefficient (Wildman–Crippen LogP) is -3.01. The first kappa shape index (κ1) is 24.9. The van der Waals surface area contributed by atoms with Crippen LogP contribution >= 0.6 is 0 Å². The maximum atomic E-state index is 12.7. The monoisotopic (exact) mass is 463 g/mol. The molecule has 0 spiro atoms. The standard InChI is InChI=1S/C18H9B5F3NO5S/c19-9-8(10(20)12(22)13(23)11(9)21)5-33(29,30)32-16-14(28)15(31-17(16)27)6-1-3-7(4-2-6)18(24,25)26/h1-4,15H,5,27H2. The summed E-state index contributed by atoms with van der Waals surface area (Å²) in [6, 6.07) is 3.47. The molecule has 0 bridgehead atoms. The normalized spacial score (nSPS) is 16.7. The van der Waals surface area contributed by atoms with Gasteiger partial charge in [-0.05, 0) is 17.7 Å². The van der Waals surface area contributed by atoms with Crippen molar-refractivity contribution in [3.05, 3.63) is 52.6 Å². The van der Waals surface area contributed by atoms with Gasteiger partial charge in [0.1, 0.15) is 45.0 Å². The zero-order valence-electron chi connectivity index (χ0n) is 16.6. The minimum atomic E-state index is -4.61. The third-order valence-corrected chi connectivity index (χ3v) is 5.88. The van der Waals surface area contributed by atoms with E-state index < -0.39 is 51.1 Å². The Balaban J connectivity index is 1.84. The van der Waals surface area contributed by atoms with E-state index in [4.69, 9.17) is 53.9 Å². The molecule has 0 aromatic heterocycles. The van der Waals surface area contributed by atoms with E-state index >= 15 is 0 Å². The van der Waals surface area contributed by atoms with Crippen molar-refractivity contribution in [1.82, 2.24) is 0 Å². The first-order valence-electron chi connectivity index (χ1n) is 8.94. The summed E-state index contributed by atoms with van der Waals surface area (Å²) in [5.41, 5.74) is 3.44. The lowest BCUT2D eigenvalue weighted by Gasteiger charge is -2.20. The fourth-order valence-corrected chi connectivity index (χ4v) is 4.16. The number of hydrogen-bond acceptors (Lipinski definition) is 6. The number of alkyl halides is 3. The maximum Gasteiger partial charge on any atom is 0.416 e. The number of carbonyl (C=O) groups excluding carboxylic acids is 1. The maximum absolute atomic E-state index is 12.7. The van der Waals surface area contributed by atoms with E-state index in [1.165, 1.54) is 0 Å². The Morgan fingerprint density at radius 1 is 0.939 bits per heavy atom. The lowest BCUT2D eigenvalue weighted by Crippen LogP contribution is -2.56. The van der Waals surface area contributed by atoms with Gasteiger partial charge in [0, 0.05) is 5.56 Å². The van der Waals surface area contributed by atoms with Gasteiger partial charge in [-0.3, -0.25) is 4.79 Å². The summed E-state index contributed by atoms with van der Waals surface area (Å²) in [6.45, 7) is 0. The summed E-state index contributed by atoms with van der Waals surface area (Å²) >= 11 is 0. The molecule has 1 heterocycles. The third-order valence-electron chi connectivity index (χ3n) is 4.81. The second-order valence-electron chi connectivity index (χ2n) is 7.01.